The Morgan fingerprint density at radius 2 is 1.78 bits per heavy atom. The fraction of sp³-hybridized carbons (Fsp3) is 0.333. The Morgan fingerprint density at radius 3 is 2.30 bits per heavy atom. The third-order valence-corrected chi connectivity index (χ3v) is 3.17. The van der Waals surface area contributed by atoms with Gasteiger partial charge in [-0.2, -0.15) is 0 Å². The molecule has 0 radical (unpaired) electrons. The van der Waals surface area contributed by atoms with E-state index in [2.05, 4.69) is 14.8 Å². The highest BCUT2D eigenvalue weighted by Gasteiger charge is 2.17. The van der Waals surface area contributed by atoms with Crippen LogP contribution in [0, 0.1) is 0 Å². The Kier molecular flexibility index (Phi) is 7.53. The molecule has 0 aliphatic carbocycles. The van der Waals surface area contributed by atoms with Crippen molar-refractivity contribution in [1.82, 2.24) is 0 Å². The van der Waals surface area contributed by atoms with Gasteiger partial charge in [0.05, 0.1) is 20.3 Å². The van der Waals surface area contributed by atoms with Crippen LogP contribution < -0.4 is 5.32 Å². The zero-order valence-corrected chi connectivity index (χ0v) is 14.0. The summed E-state index contributed by atoms with van der Waals surface area (Å²) in [5.74, 6) is -1.42. The van der Waals surface area contributed by atoms with Crippen LogP contribution in [0.4, 0.5) is 5.69 Å². The number of hydrogen-bond acceptors (Lipinski definition) is 7. The molecule has 1 aromatic rings. The van der Waals surface area contributed by atoms with Crippen molar-refractivity contribution < 1.29 is 28.5 Å². The zero-order chi connectivity index (χ0) is 17.4. The molecular weight excluding hydrogens is 326 g/mol. The topological polar surface area (TPSA) is 83.1 Å². The summed E-state index contributed by atoms with van der Waals surface area (Å²) in [5.41, 5.74) is 0.965. The third kappa shape index (κ3) is 5.24. The van der Waals surface area contributed by atoms with Gasteiger partial charge in [0.25, 0.3) is 0 Å². The monoisotopic (exact) mass is 343 g/mol. The van der Waals surface area contributed by atoms with Gasteiger partial charge >= 0.3 is 11.9 Å². The summed E-state index contributed by atoms with van der Waals surface area (Å²) in [6, 6.07) is 4.87. The second-order valence-corrected chi connectivity index (χ2v) is 4.64. The molecule has 0 heterocycles. The van der Waals surface area contributed by atoms with Crippen LogP contribution in [0.25, 0.3) is 0 Å². The molecule has 0 bridgehead atoms. The van der Waals surface area contributed by atoms with Crippen molar-refractivity contribution >= 4 is 29.2 Å². The van der Waals surface area contributed by atoms with Gasteiger partial charge < -0.3 is 24.3 Å². The van der Waals surface area contributed by atoms with Crippen molar-refractivity contribution in [2.75, 3.05) is 33.8 Å². The van der Waals surface area contributed by atoms with Gasteiger partial charge in [0, 0.05) is 30.5 Å². The summed E-state index contributed by atoms with van der Waals surface area (Å²) in [4.78, 5) is 23.1. The molecule has 7 nitrogen and oxygen atoms in total. The van der Waals surface area contributed by atoms with E-state index < -0.39 is 18.2 Å². The first-order valence-corrected chi connectivity index (χ1v) is 6.84. The highest BCUT2D eigenvalue weighted by molar-refractivity contribution is 6.31. The smallest absolute Gasteiger partial charge is 0.354 e. The largest absolute Gasteiger partial charge is 0.466 e. The summed E-state index contributed by atoms with van der Waals surface area (Å²) in [6.45, 7) is 0. The fourth-order valence-corrected chi connectivity index (χ4v) is 1.95. The number of methoxy groups -OCH3 is 4. The lowest BCUT2D eigenvalue weighted by Gasteiger charge is -2.17. The molecule has 126 valence electrons. The molecule has 23 heavy (non-hydrogen) atoms. The minimum Gasteiger partial charge on any atom is -0.466 e. The van der Waals surface area contributed by atoms with Gasteiger partial charge in [-0.25, -0.2) is 9.59 Å². The number of ether oxygens (including phenoxy) is 4. The lowest BCUT2D eigenvalue weighted by atomic mass is 10.2. The van der Waals surface area contributed by atoms with Crippen molar-refractivity contribution in [3.05, 3.63) is 40.6 Å². The summed E-state index contributed by atoms with van der Waals surface area (Å²) >= 11 is 6.11. The maximum atomic E-state index is 11.7. The van der Waals surface area contributed by atoms with Crippen molar-refractivity contribution in [3.63, 3.8) is 0 Å². The summed E-state index contributed by atoms with van der Waals surface area (Å²) in [6.07, 6.45) is 0.319. The van der Waals surface area contributed by atoms with Crippen LogP contribution in [0.5, 0.6) is 0 Å². The van der Waals surface area contributed by atoms with E-state index in [0.29, 0.717) is 16.3 Å². The molecule has 1 rings (SSSR count). The Balaban J connectivity index is 3.14. The van der Waals surface area contributed by atoms with E-state index in [-0.39, 0.29) is 5.70 Å². The minimum absolute atomic E-state index is 0.0843. The van der Waals surface area contributed by atoms with Crippen LogP contribution in [0.1, 0.15) is 11.9 Å². The van der Waals surface area contributed by atoms with Gasteiger partial charge in [-0.15, -0.1) is 0 Å². The van der Waals surface area contributed by atoms with E-state index in [1.165, 1.54) is 28.4 Å². The zero-order valence-electron chi connectivity index (χ0n) is 13.2. The SMILES string of the molecule is COC(=O)/C=C(/Nc1ccc(Cl)c(C(OC)OC)c1)C(=O)OC. The first-order chi connectivity index (χ1) is 11.0. The second kappa shape index (κ2) is 9.14. The minimum atomic E-state index is -0.720. The predicted molar refractivity (Wildman–Crippen MR) is 83.9 cm³/mol. The van der Waals surface area contributed by atoms with Crippen molar-refractivity contribution in [2.45, 2.75) is 6.29 Å². The maximum absolute atomic E-state index is 11.7. The first-order valence-electron chi connectivity index (χ1n) is 6.46. The van der Waals surface area contributed by atoms with Crippen LogP contribution >= 0.6 is 11.6 Å². The average molecular weight is 344 g/mol. The van der Waals surface area contributed by atoms with Crippen molar-refractivity contribution in [3.8, 4) is 0 Å². The van der Waals surface area contributed by atoms with E-state index in [1.54, 1.807) is 18.2 Å². The lowest BCUT2D eigenvalue weighted by molar-refractivity contribution is -0.138. The molecule has 0 fully saturated rings. The molecule has 0 atom stereocenters. The van der Waals surface area contributed by atoms with Gasteiger partial charge in [0.1, 0.15) is 5.70 Å². The molecule has 0 saturated carbocycles. The Morgan fingerprint density at radius 1 is 1.13 bits per heavy atom. The Labute approximate surface area is 139 Å². The molecule has 1 aromatic carbocycles. The number of nitrogens with one attached hydrogen (secondary N) is 1. The summed E-state index contributed by atoms with van der Waals surface area (Å²) in [7, 11) is 5.35. The number of carbonyl (C=O) groups is 2. The second-order valence-electron chi connectivity index (χ2n) is 4.24. The lowest BCUT2D eigenvalue weighted by Crippen LogP contribution is -2.16. The predicted octanol–water partition coefficient (Wildman–Crippen LogP) is 2.27. The van der Waals surface area contributed by atoms with E-state index >= 15 is 0 Å². The number of hydrogen-bond donors (Lipinski definition) is 1. The number of anilines is 1. The summed E-state index contributed by atoms with van der Waals surface area (Å²) in [5, 5.41) is 3.21. The van der Waals surface area contributed by atoms with Crippen molar-refractivity contribution in [1.29, 1.82) is 0 Å². The van der Waals surface area contributed by atoms with Crippen LogP contribution in [-0.2, 0) is 28.5 Å². The van der Waals surface area contributed by atoms with Gasteiger partial charge in [-0.3, -0.25) is 0 Å². The number of rotatable bonds is 7. The van der Waals surface area contributed by atoms with E-state index in [4.69, 9.17) is 21.1 Å². The van der Waals surface area contributed by atoms with Crippen LogP contribution in [0.3, 0.4) is 0 Å². The van der Waals surface area contributed by atoms with Gasteiger partial charge in [-0.05, 0) is 18.2 Å². The first kappa shape index (κ1) is 19.0. The standard InChI is InChI=1S/C15H18ClNO6/c1-20-13(18)8-12(14(19)21-2)17-9-5-6-11(16)10(7-9)15(22-3)23-4/h5-8,15,17H,1-4H3/b12-8+. The normalized spacial score (nSPS) is 11.3. The van der Waals surface area contributed by atoms with Crippen LogP contribution in [-0.4, -0.2) is 40.4 Å². The quantitative estimate of drug-likeness (QED) is 0.462. The Hall–Kier alpha value is -2.09. The number of carbonyl (C=O) groups excluding carboxylic acids is 2. The molecule has 0 saturated heterocycles. The van der Waals surface area contributed by atoms with E-state index in [1.807, 2.05) is 0 Å². The van der Waals surface area contributed by atoms with E-state index in [9.17, 15) is 9.59 Å². The third-order valence-electron chi connectivity index (χ3n) is 2.83. The van der Waals surface area contributed by atoms with Gasteiger partial charge in [0.15, 0.2) is 6.29 Å². The number of benzene rings is 1. The fourth-order valence-electron chi connectivity index (χ4n) is 1.74. The van der Waals surface area contributed by atoms with Gasteiger partial charge in [-0.1, -0.05) is 11.6 Å². The van der Waals surface area contributed by atoms with Crippen LogP contribution in [0.2, 0.25) is 5.02 Å². The maximum Gasteiger partial charge on any atom is 0.354 e. The molecule has 0 aliphatic rings. The summed E-state index contributed by atoms with van der Waals surface area (Å²) < 4.78 is 19.4. The average Bonchev–Trinajstić information content (AvgIpc) is 2.56. The molecule has 0 aromatic heterocycles. The van der Waals surface area contributed by atoms with Gasteiger partial charge in [0.2, 0.25) is 0 Å². The van der Waals surface area contributed by atoms with E-state index in [0.717, 1.165) is 6.08 Å². The highest BCUT2D eigenvalue weighted by Crippen LogP contribution is 2.29. The van der Waals surface area contributed by atoms with Crippen molar-refractivity contribution in [2.24, 2.45) is 0 Å². The molecular formula is C15H18ClNO6. The molecule has 0 unspecified atom stereocenters. The Bertz CT molecular complexity index is 598. The molecule has 0 spiro atoms. The molecule has 0 aliphatic heterocycles. The molecule has 1 N–H and O–H groups in total. The number of esters is 2. The molecule has 0 amide bonds. The van der Waals surface area contributed by atoms with Crippen LogP contribution in [0.15, 0.2) is 30.0 Å². The molecule has 8 heteroatoms. The highest BCUT2D eigenvalue weighted by atomic mass is 35.5. The number of halogens is 1.